The summed E-state index contributed by atoms with van der Waals surface area (Å²) in [5, 5.41) is 1.35. The molecular weight excluding hydrogens is 456 g/mol. The highest BCUT2D eigenvalue weighted by Gasteiger charge is 2.43. The van der Waals surface area contributed by atoms with Crippen LogP contribution in [0.1, 0.15) is 40.2 Å². The van der Waals surface area contributed by atoms with E-state index in [1.165, 1.54) is 0 Å². The van der Waals surface area contributed by atoms with Crippen LogP contribution in [0, 0.1) is 5.41 Å². The number of para-hydroxylation sites is 1. The third-order valence-corrected chi connectivity index (χ3v) is 7.40. The van der Waals surface area contributed by atoms with Gasteiger partial charge in [-0.05, 0) is 55.0 Å². The molecule has 34 heavy (non-hydrogen) atoms. The third-order valence-electron chi connectivity index (χ3n) is 7.17. The van der Waals surface area contributed by atoms with Crippen LogP contribution in [-0.4, -0.2) is 62.0 Å². The van der Waals surface area contributed by atoms with Crippen molar-refractivity contribution >= 4 is 34.4 Å². The van der Waals surface area contributed by atoms with Gasteiger partial charge in [0.1, 0.15) is 5.75 Å². The smallest absolute Gasteiger partial charge is 0.289 e. The first-order valence-corrected chi connectivity index (χ1v) is 11.8. The molecule has 0 saturated carbocycles. The zero-order valence-electron chi connectivity index (χ0n) is 19.3. The lowest BCUT2D eigenvalue weighted by Gasteiger charge is -2.39. The van der Waals surface area contributed by atoms with Crippen molar-refractivity contribution in [2.45, 2.75) is 19.3 Å². The number of methoxy groups -OCH3 is 2. The van der Waals surface area contributed by atoms with Crippen LogP contribution in [0.5, 0.6) is 11.5 Å². The highest BCUT2D eigenvalue weighted by molar-refractivity contribution is 6.31. The molecule has 0 bridgehead atoms. The van der Waals surface area contributed by atoms with E-state index in [0.717, 1.165) is 24.6 Å². The van der Waals surface area contributed by atoms with Crippen molar-refractivity contribution < 1.29 is 23.5 Å². The highest BCUT2D eigenvalue weighted by atomic mass is 35.5. The van der Waals surface area contributed by atoms with Crippen LogP contribution in [0.3, 0.4) is 0 Å². The summed E-state index contributed by atoms with van der Waals surface area (Å²) in [5.41, 5.74) is 1.10. The molecule has 2 aromatic carbocycles. The van der Waals surface area contributed by atoms with Gasteiger partial charge in [0.2, 0.25) is 0 Å². The maximum absolute atomic E-state index is 13.2. The fourth-order valence-corrected chi connectivity index (χ4v) is 5.35. The lowest BCUT2D eigenvalue weighted by atomic mass is 9.77. The van der Waals surface area contributed by atoms with Crippen molar-refractivity contribution in [3.8, 4) is 11.5 Å². The summed E-state index contributed by atoms with van der Waals surface area (Å²) in [5.74, 6) is 1.29. The topological polar surface area (TPSA) is 72.2 Å². The molecule has 0 N–H and O–H groups in total. The molecule has 3 heterocycles. The quantitative estimate of drug-likeness (QED) is 0.530. The lowest BCUT2D eigenvalue weighted by molar-refractivity contribution is 0.0541. The summed E-state index contributed by atoms with van der Waals surface area (Å²) in [7, 11) is 3.14. The van der Waals surface area contributed by atoms with Gasteiger partial charge in [-0.15, -0.1) is 0 Å². The average Bonchev–Trinajstić information content (AvgIpc) is 3.48. The van der Waals surface area contributed by atoms with Gasteiger partial charge in [-0.1, -0.05) is 23.7 Å². The van der Waals surface area contributed by atoms with Crippen molar-refractivity contribution in [2.24, 2.45) is 5.41 Å². The minimum absolute atomic E-state index is 0.0232. The number of carbonyl (C=O) groups is 2. The Balaban J connectivity index is 1.25. The van der Waals surface area contributed by atoms with Crippen LogP contribution in [0.25, 0.3) is 11.0 Å². The number of halogens is 1. The second-order valence-electron chi connectivity index (χ2n) is 9.10. The number of hydrogen-bond donors (Lipinski definition) is 0. The number of carbonyl (C=O) groups excluding carboxylic acids is 2. The maximum Gasteiger partial charge on any atom is 0.289 e. The molecule has 0 aliphatic carbocycles. The summed E-state index contributed by atoms with van der Waals surface area (Å²) in [6.07, 6.45) is 2.61. The van der Waals surface area contributed by atoms with Crippen molar-refractivity contribution in [1.29, 1.82) is 0 Å². The molecule has 2 fully saturated rings. The normalized spacial score (nSPS) is 17.4. The molecule has 0 radical (unpaired) electrons. The molecule has 2 aliphatic heterocycles. The lowest BCUT2D eigenvalue weighted by Crippen LogP contribution is -2.44. The van der Waals surface area contributed by atoms with Gasteiger partial charge in [0.25, 0.3) is 11.8 Å². The molecule has 3 aromatic rings. The first-order chi connectivity index (χ1) is 16.4. The van der Waals surface area contributed by atoms with E-state index in [4.69, 9.17) is 25.5 Å². The van der Waals surface area contributed by atoms with Gasteiger partial charge in [0.15, 0.2) is 17.1 Å². The van der Waals surface area contributed by atoms with Gasteiger partial charge in [-0.25, -0.2) is 0 Å². The fourth-order valence-electron chi connectivity index (χ4n) is 5.18. The van der Waals surface area contributed by atoms with E-state index < -0.39 is 0 Å². The molecule has 2 aliphatic rings. The number of fused-ring (bicyclic) bond motifs is 1. The number of nitrogens with zero attached hydrogens (tertiary/aromatic N) is 2. The monoisotopic (exact) mass is 482 g/mol. The molecule has 1 aromatic heterocycles. The second-order valence-corrected chi connectivity index (χ2v) is 9.54. The Bertz CT molecular complexity index is 1250. The third kappa shape index (κ3) is 3.98. The first-order valence-electron chi connectivity index (χ1n) is 11.4. The summed E-state index contributed by atoms with van der Waals surface area (Å²) in [4.78, 5) is 30.1. The van der Waals surface area contributed by atoms with Gasteiger partial charge < -0.3 is 23.7 Å². The highest BCUT2D eigenvalue weighted by Crippen LogP contribution is 2.42. The first kappa shape index (κ1) is 22.6. The number of hydrogen-bond acceptors (Lipinski definition) is 5. The Labute approximate surface area is 203 Å². The van der Waals surface area contributed by atoms with Crippen LogP contribution >= 0.6 is 11.6 Å². The molecule has 1 spiro atoms. The van der Waals surface area contributed by atoms with Gasteiger partial charge in [-0.3, -0.25) is 9.59 Å². The van der Waals surface area contributed by atoms with Crippen LogP contribution in [0.15, 0.2) is 46.9 Å². The van der Waals surface area contributed by atoms with Crippen molar-refractivity contribution in [3.63, 3.8) is 0 Å². The summed E-state index contributed by atoms with van der Waals surface area (Å²) < 4.78 is 16.6. The van der Waals surface area contributed by atoms with E-state index in [0.29, 0.717) is 59.6 Å². The molecule has 0 unspecified atom stereocenters. The number of likely N-dealkylation sites (tertiary alicyclic amines) is 2. The van der Waals surface area contributed by atoms with Gasteiger partial charge >= 0.3 is 0 Å². The number of furan rings is 1. The standard InChI is InChI=1S/C26H27ClN2O5/c1-32-20-7-6-18(27)15-19(20)24(30)29-13-10-26(16-29)8-11-28(12-9-26)25(31)22-14-17-4-3-5-21(33-2)23(17)34-22/h3-7,14-15H,8-13,16H2,1-2H3. The number of benzene rings is 2. The Morgan fingerprint density at radius 3 is 2.32 bits per heavy atom. The van der Waals surface area contributed by atoms with E-state index in [9.17, 15) is 9.59 Å². The molecule has 8 heteroatoms. The van der Waals surface area contributed by atoms with Crippen molar-refractivity contribution in [1.82, 2.24) is 9.80 Å². The molecule has 7 nitrogen and oxygen atoms in total. The predicted octanol–water partition coefficient (Wildman–Crippen LogP) is 4.87. The van der Waals surface area contributed by atoms with E-state index in [2.05, 4.69) is 0 Å². The maximum atomic E-state index is 13.2. The molecular formula is C26H27ClN2O5. The average molecular weight is 483 g/mol. The van der Waals surface area contributed by atoms with Gasteiger partial charge in [0, 0.05) is 36.6 Å². The molecule has 5 rings (SSSR count). The SMILES string of the molecule is COc1ccc(Cl)cc1C(=O)N1CCC2(CCN(C(=O)c3cc4cccc(OC)c4o3)CC2)C1. The predicted molar refractivity (Wildman–Crippen MR) is 129 cm³/mol. The van der Waals surface area contributed by atoms with Crippen LogP contribution in [-0.2, 0) is 0 Å². The fraction of sp³-hybridized carbons (Fsp3) is 0.385. The minimum atomic E-state index is -0.109. The Morgan fingerprint density at radius 2 is 1.62 bits per heavy atom. The number of amides is 2. The second kappa shape index (κ2) is 8.87. The minimum Gasteiger partial charge on any atom is -0.496 e. The summed E-state index contributed by atoms with van der Waals surface area (Å²) >= 11 is 6.13. The van der Waals surface area contributed by atoms with E-state index in [1.807, 2.05) is 28.0 Å². The van der Waals surface area contributed by atoms with E-state index >= 15 is 0 Å². The number of ether oxygens (including phenoxy) is 2. The molecule has 178 valence electrons. The molecule has 2 amide bonds. The van der Waals surface area contributed by atoms with Crippen molar-refractivity contribution in [3.05, 3.63) is 58.8 Å². The Hall–Kier alpha value is -3.19. The largest absolute Gasteiger partial charge is 0.496 e. The van der Waals surface area contributed by atoms with Crippen LogP contribution < -0.4 is 9.47 Å². The molecule has 0 atom stereocenters. The van der Waals surface area contributed by atoms with Crippen molar-refractivity contribution in [2.75, 3.05) is 40.4 Å². The zero-order valence-corrected chi connectivity index (χ0v) is 20.1. The van der Waals surface area contributed by atoms with E-state index in [1.54, 1.807) is 38.5 Å². The van der Waals surface area contributed by atoms with Crippen LogP contribution in [0.2, 0.25) is 5.02 Å². The van der Waals surface area contributed by atoms with Gasteiger partial charge in [0.05, 0.1) is 19.8 Å². The van der Waals surface area contributed by atoms with E-state index in [-0.39, 0.29) is 17.2 Å². The summed E-state index contributed by atoms with van der Waals surface area (Å²) in [6.45, 7) is 2.63. The molecule has 2 saturated heterocycles. The summed E-state index contributed by atoms with van der Waals surface area (Å²) in [6, 6.07) is 12.5. The van der Waals surface area contributed by atoms with Crippen LogP contribution in [0.4, 0.5) is 0 Å². The zero-order chi connectivity index (χ0) is 23.9. The number of rotatable bonds is 4. The Kier molecular flexibility index (Phi) is 5.90. The Morgan fingerprint density at radius 1 is 0.912 bits per heavy atom. The van der Waals surface area contributed by atoms with Gasteiger partial charge in [-0.2, -0.15) is 0 Å². The number of piperidine rings is 1.